The molecule has 17 nitrogen and oxygen atoms in total. The van der Waals surface area contributed by atoms with E-state index in [0.717, 1.165) is 5.57 Å². The van der Waals surface area contributed by atoms with Crippen molar-refractivity contribution in [2.24, 2.45) is 16.7 Å². The van der Waals surface area contributed by atoms with Crippen molar-refractivity contribution in [1.29, 1.82) is 0 Å². The molecule has 0 aromatic rings. The summed E-state index contributed by atoms with van der Waals surface area (Å²) in [5, 5.41) is 71.2. The van der Waals surface area contributed by atoms with Gasteiger partial charge in [0, 0.05) is 45.7 Å². The molecule has 2 unspecified atom stereocenters. The molecule has 7 aliphatic rings. The maximum absolute atomic E-state index is 12.8. The number of ether oxygens (including phenoxy) is 10. The first-order valence-corrected chi connectivity index (χ1v) is 23.3. The van der Waals surface area contributed by atoms with E-state index in [0.29, 0.717) is 37.7 Å². The number of hydrogen-bond donors (Lipinski definition) is 6. The van der Waals surface area contributed by atoms with Gasteiger partial charge in [0.05, 0.1) is 48.1 Å². The smallest absolute Gasteiger partial charge is 0.333 e. The van der Waals surface area contributed by atoms with E-state index < -0.39 is 132 Å². The molecule has 7 rings (SSSR count). The maximum Gasteiger partial charge on any atom is 0.333 e. The van der Waals surface area contributed by atoms with Crippen LogP contribution in [0.3, 0.4) is 0 Å². The highest BCUT2D eigenvalue weighted by Crippen LogP contribution is 2.71. The molecule has 64 heavy (non-hydrogen) atoms. The normalized spacial score (nSPS) is 51.3. The average molecular weight is 913 g/mol. The van der Waals surface area contributed by atoms with Gasteiger partial charge in [0.2, 0.25) is 0 Å². The summed E-state index contributed by atoms with van der Waals surface area (Å²) in [4.78, 5) is 12.8. The lowest BCUT2D eigenvalue weighted by Crippen LogP contribution is -2.78. The molecular formula is C47H76O17. The van der Waals surface area contributed by atoms with Crippen LogP contribution in [-0.4, -0.2) is 173 Å². The zero-order chi connectivity index (χ0) is 46.9. The Bertz CT molecular complexity index is 1730. The number of hydrogen-bond acceptors (Lipinski definition) is 17. The maximum atomic E-state index is 12.8. The minimum absolute atomic E-state index is 0.0261. The second-order valence-electron chi connectivity index (χ2n) is 20.2. The van der Waals surface area contributed by atoms with Crippen molar-refractivity contribution < 1.29 is 82.8 Å². The van der Waals surface area contributed by atoms with Crippen LogP contribution in [0.4, 0.5) is 0 Å². The van der Waals surface area contributed by atoms with Crippen LogP contribution >= 0.6 is 0 Å². The lowest BCUT2D eigenvalue weighted by molar-refractivity contribution is -0.352. The molecule has 22 atom stereocenters. The van der Waals surface area contributed by atoms with Gasteiger partial charge in [-0.3, -0.25) is 0 Å². The summed E-state index contributed by atoms with van der Waals surface area (Å²) >= 11 is 0. The van der Waals surface area contributed by atoms with Gasteiger partial charge in [-0.15, -0.1) is 0 Å². The van der Waals surface area contributed by atoms with Crippen LogP contribution in [0.5, 0.6) is 0 Å². The number of esters is 1. The molecule has 4 aliphatic carbocycles. The number of carbonyl (C=O) groups is 1. The van der Waals surface area contributed by atoms with E-state index >= 15 is 0 Å². The first kappa shape index (κ1) is 50.2. The first-order chi connectivity index (χ1) is 30.1. The molecule has 6 N–H and O–H groups in total. The van der Waals surface area contributed by atoms with Gasteiger partial charge in [0.25, 0.3) is 0 Å². The number of allylic oxidation sites excluding steroid dienone is 1. The van der Waals surface area contributed by atoms with Crippen molar-refractivity contribution in [3.05, 3.63) is 23.3 Å². The molecule has 0 aromatic heterocycles. The minimum atomic E-state index is -1.88. The summed E-state index contributed by atoms with van der Waals surface area (Å²) in [5.41, 5.74) is -6.03. The fraction of sp³-hybridized carbons (Fsp3) is 0.894. The van der Waals surface area contributed by atoms with Gasteiger partial charge < -0.3 is 78.0 Å². The van der Waals surface area contributed by atoms with E-state index in [1.54, 1.807) is 54.9 Å². The molecule has 0 spiro atoms. The van der Waals surface area contributed by atoms with Gasteiger partial charge in [0.15, 0.2) is 18.9 Å². The largest absolute Gasteiger partial charge is 0.456 e. The van der Waals surface area contributed by atoms with E-state index in [4.69, 9.17) is 47.4 Å². The monoisotopic (exact) mass is 913 g/mol. The standard InChI is InChI=1S/C47H76O17/c1-12-23(2)41(51)61-27(6)45(52)17-18-47(54)44(45,8)33(48)22-32-43(7)15-14-29(19-28(43)13-16-46(32,47)53)62-34-20-30(55-9)38(25(4)58-34)63-35-21-31(56-10)39(26(5)59-35)64-42-37(50)40(57-11)36(49)24(3)60-42/h12-13,24-27,29-40,42,48-50,52-54H,14-22H2,1-11H3/b23-12+/t24-,25-,26-,27?,29+,30+,31+,32?,33-,34+,35+,36-,37-,38-,39-,40-,42+,43+,44-,45-,46+,47-/m1/s1. The minimum Gasteiger partial charge on any atom is -0.456 e. The molecule has 3 saturated carbocycles. The third-order valence-electron chi connectivity index (χ3n) is 17.2. The van der Waals surface area contributed by atoms with Gasteiger partial charge in [-0.25, -0.2) is 4.79 Å². The highest BCUT2D eigenvalue weighted by Gasteiger charge is 2.80. The fourth-order valence-corrected chi connectivity index (χ4v) is 12.9. The van der Waals surface area contributed by atoms with Crippen molar-refractivity contribution in [1.82, 2.24) is 0 Å². The van der Waals surface area contributed by atoms with Crippen LogP contribution in [0.25, 0.3) is 0 Å². The molecule has 17 heteroatoms. The van der Waals surface area contributed by atoms with Gasteiger partial charge in [-0.1, -0.05) is 31.6 Å². The number of aliphatic hydroxyl groups excluding tert-OH is 3. The van der Waals surface area contributed by atoms with Gasteiger partial charge in [-0.2, -0.15) is 0 Å². The third kappa shape index (κ3) is 8.07. The zero-order valence-electron chi connectivity index (χ0n) is 39.5. The summed E-state index contributed by atoms with van der Waals surface area (Å²) in [5.74, 6) is -1.10. The quantitative estimate of drug-likeness (QED) is 0.0939. The Morgan fingerprint density at radius 3 is 2.00 bits per heavy atom. The summed E-state index contributed by atoms with van der Waals surface area (Å²) in [6.07, 6.45) is -5.05. The van der Waals surface area contributed by atoms with Crippen molar-refractivity contribution in [2.45, 2.75) is 228 Å². The molecule has 3 aliphatic heterocycles. The molecule has 0 radical (unpaired) electrons. The predicted molar refractivity (Wildman–Crippen MR) is 227 cm³/mol. The Kier molecular flexibility index (Phi) is 14.7. The van der Waals surface area contributed by atoms with Crippen LogP contribution in [0.1, 0.15) is 113 Å². The van der Waals surface area contributed by atoms with E-state index in [-0.39, 0.29) is 31.8 Å². The third-order valence-corrected chi connectivity index (χ3v) is 17.2. The molecule has 0 amide bonds. The van der Waals surface area contributed by atoms with Crippen LogP contribution in [0, 0.1) is 16.7 Å². The van der Waals surface area contributed by atoms with Gasteiger partial charge in [0.1, 0.15) is 53.4 Å². The van der Waals surface area contributed by atoms with Crippen molar-refractivity contribution >= 4 is 5.97 Å². The SMILES string of the molecule is C/C=C(\C)C(=O)OC(C)[C@]1(O)CC[C@@]2(O)[C@]1(C)[C@H](O)CC1[C@@]3(C)CC[C@H](O[C@H]4C[C@H](OC)[C@H](O[C@H]5C[C@H](OC)[C@H](O[C@@H]6O[C@H](C)[C@@H](O)[C@@H](OC)[C@H]6O)[C@@H](C)O5)[C@@H](C)O4)CC3=CC[C@]12O. The highest BCUT2D eigenvalue weighted by molar-refractivity contribution is 5.87. The second-order valence-corrected chi connectivity index (χ2v) is 20.2. The van der Waals surface area contributed by atoms with Crippen LogP contribution in [0.2, 0.25) is 0 Å². The highest BCUT2D eigenvalue weighted by atomic mass is 16.8. The lowest BCUT2D eigenvalue weighted by atomic mass is 9.42. The number of rotatable bonds is 12. The fourth-order valence-electron chi connectivity index (χ4n) is 12.9. The topological polar surface area (TPSA) is 231 Å². The first-order valence-electron chi connectivity index (χ1n) is 23.3. The van der Waals surface area contributed by atoms with Gasteiger partial charge >= 0.3 is 5.97 Å². The van der Waals surface area contributed by atoms with Crippen molar-refractivity contribution in [3.63, 3.8) is 0 Å². The Balaban J connectivity index is 0.976. The average Bonchev–Trinajstić information content (AvgIpc) is 3.49. The van der Waals surface area contributed by atoms with Crippen LogP contribution < -0.4 is 0 Å². The van der Waals surface area contributed by atoms with Gasteiger partial charge in [-0.05, 0) is 91.9 Å². The molecule has 3 saturated heterocycles. The number of carbonyl (C=O) groups excluding carboxylic acids is 1. The number of fused-ring (bicyclic) bond motifs is 5. The molecule has 0 aromatic carbocycles. The zero-order valence-corrected chi connectivity index (χ0v) is 39.5. The Morgan fingerprint density at radius 2 is 1.41 bits per heavy atom. The Hall–Kier alpha value is -1.65. The molecule has 6 fully saturated rings. The summed E-state index contributed by atoms with van der Waals surface area (Å²) in [7, 11) is 4.62. The lowest BCUT2D eigenvalue weighted by Gasteiger charge is -2.67. The number of aliphatic hydroxyl groups is 6. The van der Waals surface area contributed by atoms with E-state index in [9.17, 15) is 35.4 Å². The van der Waals surface area contributed by atoms with Crippen molar-refractivity contribution in [2.75, 3.05) is 21.3 Å². The summed E-state index contributed by atoms with van der Waals surface area (Å²) < 4.78 is 60.9. The van der Waals surface area contributed by atoms with Crippen LogP contribution in [0.15, 0.2) is 23.3 Å². The Morgan fingerprint density at radius 1 is 0.797 bits per heavy atom. The predicted octanol–water partition coefficient (Wildman–Crippen LogP) is 2.72. The van der Waals surface area contributed by atoms with E-state index in [1.807, 2.05) is 19.9 Å². The Labute approximate surface area is 377 Å². The van der Waals surface area contributed by atoms with Crippen molar-refractivity contribution in [3.8, 4) is 0 Å². The summed E-state index contributed by atoms with van der Waals surface area (Å²) in [6.45, 7) is 14.1. The molecule has 0 bridgehead atoms. The molecular weight excluding hydrogens is 837 g/mol. The summed E-state index contributed by atoms with van der Waals surface area (Å²) in [6, 6.07) is 0. The van der Waals surface area contributed by atoms with E-state index in [1.165, 1.54) is 7.11 Å². The molecule has 3 heterocycles. The number of methoxy groups -OCH3 is 3. The second kappa shape index (κ2) is 18.7. The molecule has 366 valence electrons. The van der Waals surface area contributed by atoms with Crippen LogP contribution in [-0.2, 0) is 52.2 Å². The van der Waals surface area contributed by atoms with E-state index in [2.05, 4.69) is 6.92 Å².